The predicted molar refractivity (Wildman–Crippen MR) is 100 cm³/mol. The number of furan rings is 1. The Balaban J connectivity index is 1.60. The maximum atomic E-state index is 12.4. The van der Waals surface area contributed by atoms with E-state index in [1.54, 1.807) is 37.3 Å². The summed E-state index contributed by atoms with van der Waals surface area (Å²) in [5.74, 6) is -0.170. The fourth-order valence-corrected chi connectivity index (χ4v) is 2.96. The first-order chi connectivity index (χ1) is 13.5. The molecule has 28 heavy (non-hydrogen) atoms. The van der Waals surface area contributed by atoms with Gasteiger partial charge >= 0.3 is 5.97 Å². The average molecular weight is 386 g/mol. The van der Waals surface area contributed by atoms with Crippen molar-refractivity contribution in [2.24, 2.45) is 0 Å². The van der Waals surface area contributed by atoms with Crippen molar-refractivity contribution >= 4 is 23.5 Å². The standard InChI is InChI=1S/C20H22N2O6/c1-12-16(20(25)26-2)10-15(28-12)11-21-18(23)13-5-3-6-14(9-13)22-19(24)17-7-4-8-27-17/h3,5-6,9-10,17H,4,7-8,11H2,1-2H3,(H,21,23)(H,22,24). The highest BCUT2D eigenvalue weighted by molar-refractivity contribution is 5.98. The van der Waals surface area contributed by atoms with E-state index < -0.39 is 12.1 Å². The van der Waals surface area contributed by atoms with Crippen LogP contribution in [0.4, 0.5) is 5.69 Å². The van der Waals surface area contributed by atoms with E-state index in [9.17, 15) is 14.4 Å². The van der Waals surface area contributed by atoms with Crippen molar-refractivity contribution in [3.63, 3.8) is 0 Å². The van der Waals surface area contributed by atoms with E-state index in [1.165, 1.54) is 7.11 Å². The van der Waals surface area contributed by atoms with Crippen molar-refractivity contribution in [3.8, 4) is 0 Å². The fourth-order valence-electron chi connectivity index (χ4n) is 2.96. The van der Waals surface area contributed by atoms with Gasteiger partial charge in [0.1, 0.15) is 23.2 Å². The summed E-state index contributed by atoms with van der Waals surface area (Å²) in [7, 11) is 1.29. The highest BCUT2D eigenvalue weighted by Gasteiger charge is 2.23. The maximum absolute atomic E-state index is 12.4. The van der Waals surface area contributed by atoms with Crippen molar-refractivity contribution < 1.29 is 28.3 Å². The second kappa shape index (κ2) is 8.71. The lowest BCUT2D eigenvalue weighted by Gasteiger charge is -2.11. The van der Waals surface area contributed by atoms with E-state index in [4.69, 9.17) is 9.15 Å². The van der Waals surface area contributed by atoms with Crippen LogP contribution in [0, 0.1) is 6.92 Å². The van der Waals surface area contributed by atoms with Crippen LogP contribution in [0.1, 0.15) is 45.1 Å². The first-order valence-corrected chi connectivity index (χ1v) is 8.96. The van der Waals surface area contributed by atoms with Crippen molar-refractivity contribution in [2.75, 3.05) is 19.0 Å². The lowest BCUT2D eigenvalue weighted by Crippen LogP contribution is -2.27. The number of ether oxygens (including phenoxy) is 2. The van der Waals surface area contributed by atoms with E-state index in [-0.39, 0.29) is 18.4 Å². The molecule has 0 saturated carbocycles. The molecule has 1 aliphatic rings. The molecule has 1 aromatic carbocycles. The van der Waals surface area contributed by atoms with Crippen molar-refractivity contribution in [1.82, 2.24) is 5.32 Å². The molecule has 0 spiro atoms. The Labute approximate surface area is 162 Å². The molecule has 8 nitrogen and oxygen atoms in total. The summed E-state index contributed by atoms with van der Waals surface area (Å²) < 4.78 is 15.5. The number of nitrogens with one attached hydrogen (secondary N) is 2. The molecule has 148 valence electrons. The summed E-state index contributed by atoms with van der Waals surface area (Å²) in [5, 5.41) is 5.49. The molecule has 2 aromatic rings. The number of benzene rings is 1. The van der Waals surface area contributed by atoms with Crippen LogP contribution >= 0.6 is 0 Å². The molecular weight excluding hydrogens is 364 g/mol. The Morgan fingerprint density at radius 3 is 2.79 bits per heavy atom. The highest BCUT2D eigenvalue weighted by Crippen LogP contribution is 2.18. The maximum Gasteiger partial charge on any atom is 0.341 e. The Morgan fingerprint density at radius 2 is 2.07 bits per heavy atom. The van der Waals surface area contributed by atoms with Gasteiger partial charge in [-0.1, -0.05) is 6.07 Å². The lowest BCUT2D eigenvalue weighted by atomic mass is 10.1. The molecule has 0 aliphatic carbocycles. The molecule has 0 radical (unpaired) electrons. The fraction of sp³-hybridized carbons (Fsp3) is 0.350. The average Bonchev–Trinajstić information content (AvgIpc) is 3.35. The third-order valence-electron chi connectivity index (χ3n) is 4.41. The van der Waals surface area contributed by atoms with Crippen LogP contribution in [-0.4, -0.2) is 37.6 Å². The number of esters is 1. The highest BCUT2D eigenvalue weighted by atomic mass is 16.5. The molecule has 2 amide bonds. The molecule has 1 aliphatic heterocycles. The minimum atomic E-state index is -0.492. The predicted octanol–water partition coefficient (Wildman–Crippen LogP) is 2.42. The Hall–Kier alpha value is -3.13. The second-order valence-electron chi connectivity index (χ2n) is 6.43. The summed E-state index contributed by atoms with van der Waals surface area (Å²) in [6.07, 6.45) is 1.12. The van der Waals surface area contributed by atoms with Crippen molar-refractivity contribution in [1.29, 1.82) is 0 Å². The van der Waals surface area contributed by atoms with E-state index >= 15 is 0 Å². The van der Waals surface area contributed by atoms with Gasteiger partial charge in [0.15, 0.2) is 0 Å². The summed E-state index contributed by atoms with van der Waals surface area (Å²) in [6, 6.07) is 8.17. The third-order valence-corrected chi connectivity index (χ3v) is 4.41. The molecular formula is C20H22N2O6. The number of carbonyl (C=O) groups is 3. The number of anilines is 1. The molecule has 1 atom stereocenters. The summed E-state index contributed by atoms with van der Waals surface area (Å²) in [6.45, 7) is 2.35. The third kappa shape index (κ3) is 4.58. The monoisotopic (exact) mass is 386 g/mol. The Kier molecular flexibility index (Phi) is 6.10. The number of amides is 2. The van der Waals surface area contributed by atoms with Gasteiger partial charge in [0.2, 0.25) is 0 Å². The van der Waals surface area contributed by atoms with Gasteiger partial charge in [-0.25, -0.2) is 4.79 Å². The van der Waals surface area contributed by atoms with Crippen LogP contribution in [0.2, 0.25) is 0 Å². The van der Waals surface area contributed by atoms with Gasteiger partial charge in [-0.15, -0.1) is 0 Å². The number of rotatable bonds is 6. The number of aryl methyl sites for hydroxylation is 1. The molecule has 1 aromatic heterocycles. The smallest absolute Gasteiger partial charge is 0.341 e. The zero-order valence-electron chi connectivity index (χ0n) is 15.7. The Bertz CT molecular complexity index is 883. The van der Waals surface area contributed by atoms with E-state index in [0.29, 0.717) is 41.4 Å². The second-order valence-corrected chi connectivity index (χ2v) is 6.43. The van der Waals surface area contributed by atoms with Crippen LogP contribution in [0.3, 0.4) is 0 Å². The summed E-state index contributed by atoms with van der Waals surface area (Å²) in [4.78, 5) is 36.2. The van der Waals surface area contributed by atoms with Crippen LogP contribution in [0.25, 0.3) is 0 Å². The largest absolute Gasteiger partial charge is 0.465 e. The molecule has 2 heterocycles. The van der Waals surface area contributed by atoms with Gasteiger partial charge in [-0.2, -0.15) is 0 Å². The van der Waals surface area contributed by atoms with Gasteiger partial charge in [-0.05, 0) is 44.0 Å². The topological polar surface area (TPSA) is 107 Å². The first kappa shape index (κ1) is 19.6. The van der Waals surface area contributed by atoms with Gasteiger partial charge in [0.25, 0.3) is 11.8 Å². The number of carbonyl (C=O) groups excluding carboxylic acids is 3. The zero-order chi connectivity index (χ0) is 20.1. The molecule has 2 N–H and O–H groups in total. The minimum absolute atomic E-state index is 0.114. The van der Waals surface area contributed by atoms with Gasteiger partial charge in [0.05, 0.1) is 13.7 Å². The molecule has 1 saturated heterocycles. The SMILES string of the molecule is COC(=O)c1cc(CNC(=O)c2cccc(NC(=O)C3CCCO3)c2)oc1C. The summed E-state index contributed by atoms with van der Waals surface area (Å²) >= 11 is 0. The van der Waals surface area contributed by atoms with Gasteiger partial charge in [0, 0.05) is 17.9 Å². The van der Waals surface area contributed by atoms with Gasteiger partial charge in [-0.3, -0.25) is 9.59 Å². The van der Waals surface area contributed by atoms with Crippen LogP contribution in [-0.2, 0) is 20.8 Å². The molecule has 1 unspecified atom stereocenters. The lowest BCUT2D eigenvalue weighted by molar-refractivity contribution is -0.124. The van der Waals surface area contributed by atoms with Gasteiger partial charge < -0.3 is 24.5 Å². The first-order valence-electron chi connectivity index (χ1n) is 8.96. The van der Waals surface area contributed by atoms with Crippen molar-refractivity contribution in [2.45, 2.75) is 32.4 Å². The minimum Gasteiger partial charge on any atom is -0.465 e. The number of hydrogen-bond acceptors (Lipinski definition) is 6. The molecule has 3 rings (SSSR count). The summed E-state index contributed by atoms with van der Waals surface area (Å²) in [5.41, 5.74) is 1.24. The Morgan fingerprint density at radius 1 is 1.25 bits per heavy atom. The van der Waals surface area contributed by atoms with Crippen LogP contribution < -0.4 is 10.6 Å². The normalized spacial score (nSPS) is 15.9. The van der Waals surface area contributed by atoms with Crippen LogP contribution in [0.5, 0.6) is 0 Å². The number of hydrogen-bond donors (Lipinski definition) is 2. The number of methoxy groups -OCH3 is 1. The van der Waals surface area contributed by atoms with E-state index in [2.05, 4.69) is 15.4 Å². The molecule has 0 bridgehead atoms. The quantitative estimate of drug-likeness (QED) is 0.739. The van der Waals surface area contributed by atoms with E-state index in [1.807, 2.05) is 0 Å². The van der Waals surface area contributed by atoms with E-state index in [0.717, 1.165) is 6.42 Å². The van der Waals surface area contributed by atoms with Crippen LogP contribution in [0.15, 0.2) is 34.7 Å². The molecule has 1 fully saturated rings. The molecule has 8 heteroatoms. The van der Waals surface area contributed by atoms with Crippen molar-refractivity contribution in [3.05, 3.63) is 53.0 Å². The zero-order valence-corrected chi connectivity index (χ0v) is 15.7.